The highest BCUT2D eigenvalue weighted by Gasteiger charge is 2.40. The van der Waals surface area contributed by atoms with Gasteiger partial charge in [-0.2, -0.15) is 5.10 Å². The predicted molar refractivity (Wildman–Crippen MR) is 65.0 cm³/mol. The van der Waals surface area contributed by atoms with Gasteiger partial charge in [0, 0.05) is 25.8 Å². The van der Waals surface area contributed by atoms with Crippen LogP contribution in [0, 0.1) is 0 Å². The van der Waals surface area contributed by atoms with Crippen LogP contribution in [0.4, 0.5) is 0 Å². The summed E-state index contributed by atoms with van der Waals surface area (Å²) >= 11 is 0. The Morgan fingerprint density at radius 1 is 1.56 bits per heavy atom. The fourth-order valence-electron chi connectivity index (χ4n) is 2.66. The van der Waals surface area contributed by atoms with Crippen molar-refractivity contribution < 1.29 is 9.90 Å². The number of primary amides is 1. The van der Waals surface area contributed by atoms with E-state index in [4.69, 9.17) is 5.73 Å². The van der Waals surface area contributed by atoms with Crippen molar-refractivity contribution in [1.82, 2.24) is 14.7 Å². The van der Waals surface area contributed by atoms with Gasteiger partial charge in [0.1, 0.15) is 0 Å². The van der Waals surface area contributed by atoms with E-state index in [0.717, 1.165) is 38.9 Å². The van der Waals surface area contributed by atoms with Crippen LogP contribution in [-0.2, 0) is 0 Å². The third kappa shape index (κ3) is 2.02. The molecule has 18 heavy (non-hydrogen) atoms. The van der Waals surface area contributed by atoms with Crippen LogP contribution in [0.25, 0.3) is 0 Å². The summed E-state index contributed by atoms with van der Waals surface area (Å²) in [7, 11) is 0. The zero-order chi connectivity index (χ0) is 12.8. The smallest absolute Gasteiger partial charge is 0.251 e. The molecule has 3 rings (SSSR count). The van der Waals surface area contributed by atoms with E-state index in [-0.39, 0.29) is 0 Å². The summed E-state index contributed by atoms with van der Waals surface area (Å²) in [5.41, 5.74) is 5.19. The standard InChI is InChI=1S/C12H18N4O2/c13-11(17)9-4-14-16(5-9)10-6-15(7-10)8-12(18)2-1-3-12/h4-5,10,18H,1-3,6-8H2,(H2,13,17). The largest absolute Gasteiger partial charge is 0.389 e. The lowest BCUT2D eigenvalue weighted by molar-refractivity contribution is -0.0792. The van der Waals surface area contributed by atoms with Crippen molar-refractivity contribution in [1.29, 1.82) is 0 Å². The Bertz CT molecular complexity index is 460. The molecular formula is C12H18N4O2. The topological polar surface area (TPSA) is 84.4 Å². The molecule has 98 valence electrons. The van der Waals surface area contributed by atoms with Gasteiger partial charge in [0.2, 0.25) is 0 Å². The molecule has 1 saturated carbocycles. The lowest BCUT2D eigenvalue weighted by Gasteiger charge is -2.46. The average molecular weight is 250 g/mol. The first-order chi connectivity index (χ1) is 8.56. The van der Waals surface area contributed by atoms with Gasteiger partial charge in [-0.1, -0.05) is 0 Å². The second-order valence-electron chi connectivity index (χ2n) is 5.50. The van der Waals surface area contributed by atoms with Gasteiger partial charge in [-0.05, 0) is 19.3 Å². The van der Waals surface area contributed by atoms with Crippen LogP contribution < -0.4 is 5.73 Å². The van der Waals surface area contributed by atoms with E-state index in [1.54, 1.807) is 10.9 Å². The number of β-amino-alcohol motifs (C(OH)–C–C–N with tert-alkyl or cyclic N) is 1. The zero-order valence-electron chi connectivity index (χ0n) is 10.2. The molecule has 6 nitrogen and oxygen atoms in total. The van der Waals surface area contributed by atoms with Gasteiger partial charge in [-0.3, -0.25) is 14.4 Å². The fourth-order valence-corrected chi connectivity index (χ4v) is 2.66. The van der Waals surface area contributed by atoms with Gasteiger partial charge in [0.25, 0.3) is 5.91 Å². The first-order valence-electron chi connectivity index (χ1n) is 6.34. The molecule has 2 fully saturated rings. The maximum absolute atomic E-state index is 11.0. The highest BCUT2D eigenvalue weighted by atomic mass is 16.3. The van der Waals surface area contributed by atoms with Crippen LogP contribution in [0.3, 0.4) is 0 Å². The Morgan fingerprint density at radius 3 is 2.78 bits per heavy atom. The molecule has 2 aliphatic rings. The molecule has 2 heterocycles. The van der Waals surface area contributed by atoms with E-state index in [0.29, 0.717) is 11.6 Å². The van der Waals surface area contributed by atoms with Crippen molar-refractivity contribution in [2.24, 2.45) is 5.73 Å². The van der Waals surface area contributed by atoms with Gasteiger partial charge < -0.3 is 10.8 Å². The average Bonchev–Trinajstić information content (AvgIpc) is 2.69. The molecule has 0 unspecified atom stereocenters. The molecule has 1 amide bonds. The second kappa shape index (κ2) is 4.07. The quantitative estimate of drug-likeness (QED) is 0.772. The highest BCUT2D eigenvalue weighted by molar-refractivity contribution is 5.92. The Balaban J connectivity index is 1.53. The Hall–Kier alpha value is -1.40. The molecule has 0 atom stereocenters. The molecule has 0 aromatic carbocycles. The summed E-state index contributed by atoms with van der Waals surface area (Å²) in [4.78, 5) is 13.2. The summed E-state index contributed by atoms with van der Waals surface area (Å²) in [6.07, 6.45) is 6.17. The van der Waals surface area contributed by atoms with Gasteiger partial charge in [0.15, 0.2) is 0 Å². The summed E-state index contributed by atoms with van der Waals surface area (Å²) in [5.74, 6) is -0.443. The van der Waals surface area contributed by atoms with Crippen molar-refractivity contribution >= 4 is 5.91 Å². The van der Waals surface area contributed by atoms with Crippen LogP contribution in [0.5, 0.6) is 0 Å². The number of nitrogens with zero attached hydrogens (tertiary/aromatic N) is 3. The Morgan fingerprint density at radius 2 is 2.28 bits per heavy atom. The Kier molecular flexibility index (Phi) is 2.64. The number of hydrogen-bond donors (Lipinski definition) is 2. The van der Waals surface area contributed by atoms with Crippen LogP contribution in [0.15, 0.2) is 12.4 Å². The molecule has 1 aliphatic carbocycles. The number of hydrogen-bond acceptors (Lipinski definition) is 4. The van der Waals surface area contributed by atoms with Crippen LogP contribution in [0.2, 0.25) is 0 Å². The van der Waals surface area contributed by atoms with Crippen molar-refractivity contribution in [3.8, 4) is 0 Å². The number of aromatic nitrogens is 2. The summed E-state index contributed by atoms with van der Waals surface area (Å²) in [6, 6.07) is 0.293. The summed E-state index contributed by atoms with van der Waals surface area (Å²) in [6.45, 7) is 2.51. The maximum atomic E-state index is 11.0. The summed E-state index contributed by atoms with van der Waals surface area (Å²) in [5, 5.41) is 14.2. The van der Waals surface area contributed by atoms with Gasteiger partial charge in [-0.25, -0.2) is 0 Å². The number of rotatable bonds is 4. The van der Waals surface area contributed by atoms with Gasteiger partial charge in [0.05, 0.1) is 23.4 Å². The van der Waals surface area contributed by atoms with E-state index in [2.05, 4.69) is 10.00 Å². The molecule has 1 aromatic rings. The number of aliphatic hydroxyl groups is 1. The lowest BCUT2D eigenvalue weighted by atomic mass is 9.79. The molecule has 1 aromatic heterocycles. The molecule has 0 bridgehead atoms. The van der Waals surface area contributed by atoms with E-state index in [1.165, 1.54) is 6.20 Å². The number of nitrogens with two attached hydrogens (primary N) is 1. The van der Waals surface area contributed by atoms with Crippen molar-refractivity contribution in [3.05, 3.63) is 18.0 Å². The molecule has 1 saturated heterocycles. The van der Waals surface area contributed by atoms with E-state index in [1.807, 2.05) is 0 Å². The molecule has 0 radical (unpaired) electrons. The van der Waals surface area contributed by atoms with E-state index < -0.39 is 11.5 Å². The fraction of sp³-hybridized carbons (Fsp3) is 0.667. The molecule has 3 N–H and O–H groups in total. The minimum Gasteiger partial charge on any atom is -0.389 e. The van der Waals surface area contributed by atoms with Gasteiger partial charge in [-0.15, -0.1) is 0 Å². The minimum absolute atomic E-state index is 0.293. The van der Waals surface area contributed by atoms with Crippen LogP contribution in [-0.4, -0.2) is 50.9 Å². The third-order valence-corrected chi connectivity index (χ3v) is 4.00. The van der Waals surface area contributed by atoms with Crippen LogP contribution in [0.1, 0.15) is 35.7 Å². The number of carbonyl (C=O) groups is 1. The number of likely N-dealkylation sites (tertiary alicyclic amines) is 1. The Labute approximate surface area is 105 Å². The molecule has 0 spiro atoms. The lowest BCUT2D eigenvalue weighted by Crippen LogP contribution is -2.56. The van der Waals surface area contributed by atoms with E-state index >= 15 is 0 Å². The number of amides is 1. The minimum atomic E-state index is -0.451. The number of carbonyl (C=O) groups excluding carboxylic acids is 1. The summed E-state index contributed by atoms with van der Waals surface area (Å²) < 4.78 is 1.79. The zero-order valence-corrected chi connectivity index (χ0v) is 10.2. The van der Waals surface area contributed by atoms with Gasteiger partial charge >= 0.3 is 0 Å². The van der Waals surface area contributed by atoms with Crippen LogP contribution >= 0.6 is 0 Å². The predicted octanol–water partition coefficient (Wildman–Crippen LogP) is -0.246. The third-order valence-electron chi connectivity index (χ3n) is 4.00. The second-order valence-corrected chi connectivity index (χ2v) is 5.50. The first-order valence-corrected chi connectivity index (χ1v) is 6.34. The first kappa shape index (κ1) is 11.7. The SMILES string of the molecule is NC(=O)c1cnn(C2CN(CC3(O)CCC3)C2)c1. The normalized spacial score (nSPS) is 23.4. The molecule has 6 heteroatoms. The van der Waals surface area contributed by atoms with E-state index in [9.17, 15) is 9.90 Å². The maximum Gasteiger partial charge on any atom is 0.251 e. The van der Waals surface area contributed by atoms with Crippen molar-refractivity contribution in [2.45, 2.75) is 30.9 Å². The van der Waals surface area contributed by atoms with Crippen molar-refractivity contribution in [3.63, 3.8) is 0 Å². The molecular weight excluding hydrogens is 232 g/mol. The monoisotopic (exact) mass is 250 g/mol. The highest BCUT2D eigenvalue weighted by Crippen LogP contribution is 2.34. The van der Waals surface area contributed by atoms with Crippen molar-refractivity contribution in [2.75, 3.05) is 19.6 Å². The molecule has 1 aliphatic heterocycles.